The van der Waals surface area contributed by atoms with Crippen LogP contribution < -0.4 is 10.9 Å². The summed E-state index contributed by atoms with van der Waals surface area (Å²) in [6.45, 7) is 0.392. The summed E-state index contributed by atoms with van der Waals surface area (Å²) in [5.74, 6) is -0.307. The number of benzene rings is 1. The molecule has 3 aromatic heterocycles. The number of aromatic nitrogens is 3. The standard InChI is InChI=1S/C18H14N4O3/c23-16-8-15(13-6-7-25-11-13)21-17-14(10-20-22(16)17)18(24)19-9-12-4-2-1-3-5-12/h1-8,10-11,20H,9H2,(H,19,24). The van der Waals surface area contributed by atoms with Gasteiger partial charge < -0.3 is 9.73 Å². The number of hydrogen-bond acceptors (Lipinski definition) is 4. The summed E-state index contributed by atoms with van der Waals surface area (Å²) < 4.78 is 6.27. The highest BCUT2D eigenvalue weighted by Crippen LogP contribution is 2.17. The maximum atomic E-state index is 12.5. The number of furan rings is 1. The summed E-state index contributed by atoms with van der Waals surface area (Å²) in [6.07, 6.45) is 4.48. The van der Waals surface area contributed by atoms with E-state index in [-0.39, 0.29) is 17.1 Å². The Kier molecular flexibility index (Phi) is 3.66. The summed E-state index contributed by atoms with van der Waals surface area (Å²) in [5, 5.41) is 5.60. The van der Waals surface area contributed by atoms with Gasteiger partial charge in [-0.05, 0) is 11.6 Å². The molecular formula is C18H14N4O3. The number of nitrogens with zero attached hydrogens (tertiary/aromatic N) is 2. The van der Waals surface area contributed by atoms with Crippen molar-refractivity contribution in [2.45, 2.75) is 6.54 Å². The van der Waals surface area contributed by atoms with Crippen LogP contribution in [0.1, 0.15) is 15.9 Å². The zero-order chi connectivity index (χ0) is 17.2. The molecule has 0 aliphatic rings. The van der Waals surface area contributed by atoms with Crippen molar-refractivity contribution in [2.75, 3.05) is 0 Å². The quantitative estimate of drug-likeness (QED) is 0.598. The van der Waals surface area contributed by atoms with Gasteiger partial charge in [0.2, 0.25) is 0 Å². The van der Waals surface area contributed by atoms with Gasteiger partial charge in [0, 0.05) is 24.4 Å². The number of H-pyrrole nitrogens is 1. The van der Waals surface area contributed by atoms with Crippen molar-refractivity contribution in [3.8, 4) is 11.3 Å². The van der Waals surface area contributed by atoms with Crippen LogP contribution in [-0.2, 0) is 6.54 Å². The van der Waals surface area contributed by atoms with Crippen LogP contribution >= 0.6 is 0 Å². The minimum atomic E-state index is -0.307. The average Bonchev–Trinajstić information content (AvgIpc) is 3.30. The van der Waals surface area contributed by atoms with Crippen LogP contribution in [0, 0.1) is 0 Å². The van der Waals surface area contributed by atoms with E-state index >= 15 is 0 Å². The molecule has 124 valence electrons. The first-order valence-corrected chi connectivity index (χ1v) is 7.68. The Labute approximate surface area is 141 Å². The van der Waals surface area contributed by atoms with E-state index in [9.17, 15) is 9.59 Å². The summed E-state index contributed by atoms with van der Waals surface area (Å²) in [7, 11) is 0. The summed E-state index contributed by atoms with van der Waals surface area (Å²) in [4.78, 5) is 29.2. The number of fused-ring (bicyclic) bond motifs is 1. The Morgan fingerprint density at radius 2 is 2.08 bits per heavy atom. The molecule has 0 aliphatic carbocycles. The van der Waals surface area contributed by atoms with Crippen LogP contribution in [0.4, 0.5) is 0 Å². The second-order valence-corrected chi connectivity index (χ2v) is 5.51. The number of hydrogen-bond donors (Lipinski definition) is 2. The Balaban J connectivity index is 1.67. The summed E-state index contributed by atoms with van der Waals surface area (Å²) in [5.41, 5.74) is 2.39. The molecule has 0 fully saturated rings. The van der Waals surface area contributed by atoms with Crippen molar-refractivity contribution in [3.05, 3.63) is 82.7 Å². The average molecular weight is 334 g/mol. The third-order valence-corrected chi connectivity index (χ3v) is 3.86. The number of carbonyl (C=O) groups excluding carboxylic acids is 1. The van der Waals surface area contributed by atoms with Crippen LogP contribution in [0.3, 0.4) is 0 Å². The van der Waals surface area contributed by atoms with Gasteiger partial charge >= 0.3 is 0 Å². The van der Waals surface area contributed by atoms with Gasteiger partial charge in [-0.2, -0.15) is 0 Å². The number of amides is 1. The molecule has 2 N–H and O–H groups in total. The minimum absolute atomic E-state index is 0.272. The predicted molar refractivity (Wildman–Crippen MR) is 91.1 cm³/mol. The SMILES string of the molecule is O=C(NCc1ccccc1)c1c[nH]n2c(=O)cc(-c3ccoc3)nc12. The molecule has 3 heterocycles. The van der Waals surface area contributed by atoms with E-state index < -0.39 is 0 Å². The van der Waals surface area contributed by atoms with Gasteiger partial charge in [0.05, 0.1) is 18.2 Å². The third kappa shape index (κ3) is 2.83. The first-order chi connectivity index (χ1) is 12.2. The smallest absolute Gasteiger partial charge is 0.273 e. The zero-order valence-corrected chi connectivity index (χ0v) is 13.1. The van der Waals surface area contributed by atoms with Gasteiger partial charge in [-0.25, -0.2) is 9.50 Å². The molecule has 4 rings (SSSR count). The van der Waals surface area contributed by atoms with Crippen molar-refractivity contribution < 1.29 is 9.21 Å². The monoisotopic (exact) mass is 334 g/mol. The van der Waals surface area contributed by atoms with Crippen molar-refractivity contribution in [1.82, 2.24) is 19.9 Å². The summed E-state index contributed by atoms with van der Waals surface area (Å²) in [6, 6.07) is 12.7. The zero-order valence-electron chi connectivity index (χ0n) is 13.1. The fourth-order valence-corrected chi connectivity index (χ4v) is 2.58. The number of rotatable bonds is 4. The molecule has 0 bridgehead atoms. The van der Waals surface area contributed by atoms with E-state index in [1.165, 1.54) is 29.3 Å². The lowest BCUT2D eigenvalue weighted by Gasteiger charge is -2.04. The highest BCUT2D eigenvalue weighted by molar-refractivity contribution is 5.99. The highest BCUT2D eigenvalue weighted by Gasteiger charge is 2.16. The van der Waals surface area contributed by atoms with Gasteiger partial charge in [0.15, 0.2) is 5.65 Å². The van der Waals surface area contributed by atoms with Gasteiger partial charge in [-0.15, -0.1) is 0 Å². The first kappa shape index (κ1) is 14.9. The molecule has 25 heavy (non-hydrogen) atoms. The van der Waals surface area contributed by atoms with Crippen LogP contribution in [0.15, 0.2) is 70.4 Å². The van der Waals surface area contributed by atoms with E-state index in [1.807, 2.05) is 30.3 Å². The van der Waals surface area contributed by atoms with E-state index in [0.717, 1.165) is 5.56 Å². The second kappa shape index (κ2) is 6.12. The van der Waals surface area contributed by atoms with Crippen LogP contribution in [0.2, 0.25) is 0 Å². The van der Waals surface area contributed by atoms with Gasteiger partial charge in [0.1, 0.15) is 5.56 Å². The summed E-state index contributed by atoms with van der Waals surface area (Å²) >= 11 is 0. The lowest BCUT2D eigenvalue weighted by atomic mass is 10.2. The van der Waals surface area contributed by atoms with Crippen LogP contribution in [0.25, 0.3) is 16.9 Å². The van der Waals surface area contributed by atoms with Crippen molar-refractivity contribution in [3.63, 3.8) is 0 Å². The van der Waals surface area contributed by atoms with Crippen molar-refractivity contribution >= 4 is 11.6 Å². The molecule has 1 amide bonds. The lowest BCUT2D eigenvalue weighted by Crippen LogP contribution is -2.23. The molecule has 0 aliphatic heterocycles. The van der Waals surface area contributed by atoms with E-state index in [1.54, 1.807) is 6.07 Å². The normalized spacial score (nSPS) is 10.9. The molecule has 0 atom stereocenters. The fraction of sp³-hybridized carbons (Fsp3) is 0.0556. The molecule has 0 spiro atoms. The molecule has 4 aromatic rings. The Morgan fingerprint density at radius 1 is 1.24 bits per heavy atom. The second-order valence-electron chi connectivity index (χ2n) is 5.51. The molecule has 7 heteroatoms. The maximum absolute atomic E-state index is 12.5. The molecule has 0 unspecified atom stereocenters. The molecule has 0 saturated carbocycles. The van der Waals surface area contributed by atoms with Gasteiger partial charge in [0.25, 0.3) is 11.5 Å². The fourth-order valence-electron chi connectivity index (χ4n) is 2.58. The Morgan fingerprint density at radius 3 is 2.84 bits per heavy atom. The van der Waals surface area contributed by atoms with Crippen LogP contribution in [0.5, 0.6) is 0 Å². The lowest BCUT2D eigenvalue weighted by molar-refractivity contribution is 0.0952. The maximum Gasteiger partial charge on any atom is 0.273 e. The predicted octanol–water partition coefficient (Wildman–Crippen LogP) is 2.21. The van der Waals surface area contributed by atoms with E-state index in [2.05, 4.69) is 15.4 Å². The number of aromatic amines is 1. The molecule has 1 aromatic carbocycles. The molecule has 0 radical (unpaired) electrons. The van der Waals surface area contributed by atoms with Crippen molar-refractivity contribution in [2.24, 2.45) is 0 Å². The Hall–Kier alpha value is -3.61. The minimum Gasteiger partial charge on any atom is -0.472 e. The van der Waals surface area contributed by atoms with Gasteiger partial charge in [-0.3, -0.25) is 14.7 Å². The van der Waals surface area contributed by atoms with E-state index in [4.69, 9.17) is 4.42 Å². The van der Waals surface area contributed by atoms with E-state index in [0.29, 0.717) is 23.4 Å². The van der Waals surface area contributed by atoms with Crippen LogP contribution in [-0.4, -0.2) is 20.5 Å². The molecule has 0 saturated heterocycles. The molecular weight excluding hydrogens is 320 g/mol. The Bertz CT molecular complexity index is 1080. The van der Waals surface area contributed by atoms with Crippen molar-refractivity contribution in [1.29, 1.82) is 0 Å². The first-order valence-electron chi connectivity index (χ1n) is 7.68. The van der Waals surface area contributed by atoms with Gasteiger partial charge in [-0.1, -0.05) is 30.3 Å². The third-order valence-electron chi connectivity index (χ3n) is 3.86. The largest absolute Gasteiger partial charge is 0.472 e. The highest BCUT2D eigenvalue weighted by atomic mass is 16.3. The topological polar surface area (TPSA) is 92.4 Å². The number of carbonyl (C=O) groups is 1. The molecule has 7 nitrogen and oxygen atoms in total. The number of nitrogens with one attached hydrogen (secondary N) is 2.